The van der Waals surface area contributed by atoms with Crippen LogP contribution < -0.4 is 5.73 Å². The zero-order chi connectivity index (χ0) is 16.3. The van der Waals surface area contributed by atoms with E-state index in [1.165, 1.54) is 6.07 Å². The van der Waals surface area contributed by atoms with Crippen molar-refractivity contribution in [2.24, 2.45) is 10.7 Å². The summed E-state index contributed by atoms with van der Waals surface area (Å²) in [6, 6.07) is 2.22. The minimum Gasteiger partial charge on any atom is -0.478 e. The summed E-state index contributed by atoms with van der Waals surface area (Å²) in [5, 5.41) is 8.97. The third-order valence-electron chi connectivity index (χ3n) is 3.36. The Hall–Kier alpha value is -1.80. The molecule has 1 aromatic carbocycles. The van der Waals surface area contributed by atoms with Gasteiger partial charge in [-0.2, -0.15) is 11.8 Å². The summed E-state index contributed by atoms with van der Waals surface area (Å²) in [6.07, 6.45) is 4.08. The molecule has 2 aliphatic heterocycles. The number of rotatable bonds is 1. The minimum atomic E-state index is -1.30. The number of ether oxygens (including phenoxy) is 1. The molecule has 1 fully saturated rings. The molecule has 2 aliphatic rings. The Morgan fingerprint density at radius 1 is 1.55 bits per heavy atom. The van der Waals surface area contributed by atoms with E-state index < -0.39 is 11.8 Å². The van der Waals surface area contributed by atoms with Crippen LogP contribution in [0.4, 0.5) is 10.1 Å². The number of nitrogens with zero attached hydrogens (tertiary/aromatic N) is 2. The number of halogens is 1. The van der Waals surface area contributed by atoms with Gasteiger partial charge in [-0.05, 0) is 18.6 Å². The van der Waals surface area contributed by atoms with Gasteiger partial charge in [-0.25, -0.2) is 14.2 Å². The molecule has 0 aromatic heterocycles. The van der Waals surface area contributed by atoms with Crippen molar-refractivity contribution in [3.8, 4) is 0 Å². The van der Waals surface area contributed by atoms with Crippen LogP contribution in [0.1, 0.15) is 22.0 Å². The van der Waals surface area contributed by atoms with E-state index in [0.29, 0.717) is 37.0 Å². The van der Waals surface area contributed by atoms with Crippen molar-refractivity contribution in [3.05, 3.63) is 29.1 Å². The second-order valence-electron chi connectivity index (χ2n) is 4.86. The van der Waals surface area contributed by atoms with Crippen LogP contribution in [-0.4, -0.2) is 54.2 Å². The largest absolute Gasteiger partial charge is 0.478 e. The highest BCUT2D eigenvalue weighted by Crippen LogP contribution is 2.37. The zero-order valence-corrected chi connectivity index (χ0v) is 13.2. The molecule has 0 spiro atoms. The van der Waals surface area contributed by atoms with Gasteiger partial charge in [-0.1, -0.05) is 0 Å². The van der Waals surface area contributed by atoms with E-state index in [9.17, 15) is 9.18 Å². The fraction of sp³-hybridized carbons (Fsp3) is 0.429. The fourth-order valence-electron chi connectivity index (χ4n) is 2.43. The van der Waals surface area contributed by atoms with Gasteiger partial charge >= 0.3 is 5.97 Å². The molecular weight excluding hydrogens is 309 g/mol. The molecule has 0 saturated carbocycles. The van der Waals surface area contributed by atoms with E-state index in [1.54, 1.807) is 11.8 Å². The Balaban J connectivity index is 0.000000545. The Bertz CT molecular complexity index is 609. The van der Waals surface area contributed by atoms with Crippen LogP contribution in [0.3, 0.4) is 0 Å². The summed E-state index contributed by atoms with van der Waals surface area (Å²) in [5.41, 5.74) is 6.47. The molecule has 2 heterocycles. The maximum atomic E-state index is 13.6. The molecule has 0 radical (unpaired) electrons. The average molecular weight is 327 g/mol. The van der Waals surface area contributed by atoms with Crippen molar-refractivity contribution in [1.29, 1.82) is 0 Å². The van der Waals surface area contributed by atoms with Crippen molar-refractivity contribution in [2.75, 3.05) is 32.3 Å². The van der Waals surface area contributed by atoms with Gasteiger partial charge in [0.15, 0.2) is 5.96 Å². The average Bonchev–Trinajstić information content (AvgIpc) is 2.47. The van der Waals surface area contributed by atoms with Crippen LogP contribution in [0, 0.1) is 5.82 Å². The van der Waals surface area contributed by atoms with Gasteiger partial charge < -0.3 is 20.5 Å². The number of hydrogen-bond donors (Lipinski definition) is 2. The van der Waals surface area contributed by atoms with Crippen LogP contribution >= 0.6 is 11.8 Å². The molecular formula is C14H18FN3O3S. The van der Waals surface area contributed by atoms with Gasteiger partial charge in [0.2, 0.25) is 0 Å². The first-order valence-corrected chi connectivity index (χ1v) is 8.28. The lowest BCUT2D eigenvalue weighted by molar-refractivity contribution is 0.0240. The smallest absolute Gasteiger partial charge is 0.338 e. The molecule has 6 nitrogen and oxygen atoms in total. The van der Waals surface area contributed by atoms with E-state index >= 15 is 0 Å². The number of hydrogen-bond acceptors (Lipinski definition) is 6. The third-order valence-corrected chi connectivity index (χ3v) is 3.36. The number of carbonyl (C=O) groups is 1. The Morgan fingerprint density at radius 3 is 2.86 bits per heavy atom. The van der Waals surface area contributed by atoms with Gasteiger partial charge in [-0.3, -0.25) is 0 Å². The SMILES string of the molecule is CSC.NC1=Nc2cc(F)c(C(=O)O)cc2C2COCCN12. The third kappa shape index (κ3) is 3.17. The molecule has 8 heteroatoms. The summed E-state index contributed by atoms with van der Waals surface area (Å²) < 4.78 is 19.0. The number of aromatic carboxylic acids is 1. The number of carboxylic acid groups (broad SMARTS) is 1. The lowest BCUT2D eigenvalue weighted by Gasteiger charge is -2.39. The van der Waals surface area contributed by atoms with Crippen molar-refractivity contribution in [3.63, 3.8) is 0 Å². The molecule has 1 atom stereocenters. The van der Waals surface area contributed by atoms with Crippen LogP contribution in [-0.2, 0) is 4.74 Å². The highest BCUT2D eigenvalue weighted by atomic mass is 32.2. The molecule has 1 unspecified atom stereocenters. The van der Waals surface area contributed by atoms with Gasteiger partial charge in [0.05, 0.1) is 30.5 Å². The first-order valence-electron chi connectivity index (χ1n) is 6.65. The van der Waals surface area contributed by atoms with E-state index in [-0.39, 0.29) is 11.6 Å². The maximum absolute atomic E-state index is 13.6. The molecule has 0 aliphatic carbocycles. The van der Waals surface area contributed by atoms with E-state index in [2.05, 4.69) is 4.99 Å². The number of benzene rings is 1. The summed E-state index contributed by atoms with van der Waals surface area (Å²) in [4.78, 5) is 17.0. The second kappa shape index (κ2) is 6.97. The molecule has 1 aromatic rings. The highest BCUT2D eigenvalue weighted by Gasteiger charge is 2.33. The molecule has 0 bridgehead atoms. The Morgan fingerprint density at radius 2 is 2.23 bits per heavy atom. The summed E-state index contributed by atoms with van der Waals surface area (Å²) in [5.74, 6) is -1.80. The van der Waals surface area contributed by atoms with Gasteiger partial charge in [-0.15, -0.1) is 0 Å². The van der Waals surface area contributed by atoms with E-state index in [0.717, 1.165) is 6.07 Å². The summed E-state index contributed by atoms with van der Waals surface area (Å²) >= 11 is 1.75. The van der Waals surface area contributed by atoms with E-state index in [1.807, 2.05) is 17.4 Å². The van der Waals surface area contributed by atoms with Crippen LogP contribution in [0.2, 0.25) is 0 Å². The van der Waals surface area contributed by atoms with Gasteiger partial charge in [0.25, 0.3) is 0 Å². The number of carboxylic acids is 1. The predicted octanol–water partition coefficient (Wildman–Crippen LogP) is 1.84. The first-order chi connectivity index (χ1) is 10.5. The molecule has 3 rings (SSSR count). The minimum absolute atomic E-state index is 0.208. The molecule has 22 heavy (non-hydrogen) atoms. The van der Waals surface area contributed by atoms with Crippen LogP contribution in [0.5, 0.6) is 0 Å². The predicted molar refractivity (Wildman–Crippen MR) is 84.3 cm³/mol. The monoisotopic (exact) mass is 327 g/mol. The fourth-order valence-corrected chi connectivity index (χ4v) is 2.43. The summed E-state index contributed by atoms with van der Waals surface area (Å²) in [6.45, 7) is 1.50. The number of morpholine rings is 1. The standard InChI is InChI=1S/C12H12FN3O3.C2H6S/c13-8-4-9-7(3-6(8)11(17)18)10-5-19-2-1-16(10)12(14)15-9;1-3-2/h3-4,10H,1-2,5H2,(H2,14,15)(H,17,18);1-2H3. The summed E-state index contributed by atoms with van der Waals surface area (Å²) in [7, 11) is 0. The number of guanidine groups is 1. The molecule has 3 N–H and O–H groups in total. The lowest BCUT2D eigenvalue weighted by atomic mass is 9.98. The van der Waals surface area contributed by atoms with Crippen molar-refractivity contribution in [1.82, 2.24) is 4.90 Å². The van der Waals surface area contributed by atoms with E-state index in [4.69, 9.17) is 15.6 Å². The number of nitrogens with two attached hydrogens (primary N) is 1. The van der Waals surface area contributed by atoms with Gasteiger partial charge in [0, 0.05) is 18.2 Å². The first kappa shape index (κ1) is 16.6. The van der Waals surface area contributed by atoms with Crippen molar-refractivity contribution >= 4 is 29.4 Å². The maximum Gasteiger partial charge on any atom is 0.338 e. The quantitative estimate of drug-likeness (QED) is 0.818. The number of aliphatic imine (C=N–C) groups is 1. The van der Waals surface area contributed by atoms with Crippen molar-refractivity contribution in [2.45, 2.75) is 6.04 Å². The molecule has 0 amide bonds. The van der Waals surface area contributed by atoms with Crippen molar-refractivity contribution < 1.29 is 19.0 Å². The number of thioether (sulfide) groups is 1. The topological polar surface area (TPSA) is 88.1 Å². The lowest BCUT2D eigenvalue weighted by Crippen LogP contribution is -2.48. The Kier molecular flexibility index (Phi) is 5.25. The second-order valence-corrected chi connectivity index (χ2v) is 5.67. The highest BCUT2D eigenvalue weighted by molar-refractivity contribution is 7.97. The van der Waals surface area contributed by atoms with Crippen LogP contribution in [0.15, 0.2) is 17.1 Å². The zero-order valence-electron chi connectivity index (χ0n) is 12.4. The van der Waals surface area contributed by atoms with Gasteiger partial charge in [0.1, 0.15) is 5.82 Å². The van der Waals surface area contributed by atoms with Crippen LogP contribution in [0.25, 0.3) is 0 Å². The molecule has 1 saturated heterocycles. The number of fused-ring (bicyclic) bond motifs is 3. The Labute approximate surface area is 132 Å². The normalized spacial score (nSPS) is 19.3. The molecule has 120 valence electrons.